The van der Waals surface area contributed by atoms with Gasteiger partial charge in [0, 0.05) is 15.0 Å². The maximum Gasteiger partial charge on any atom is 0.151 e. The normalized spacial score (nSPS) is 10.6. The predicted octanol–water partition coefficient (Wildman–Crippen LogP) is 2.78. The molecule has 0 aliphatic rings. The summed E-state index contributed by atoms with van der Waals surface area (Å²) in [6, 6.07) is 3.96. The molecule has 2 aromatic rings. The van der Waals surface area contributed by atoms with Gasteiger partial charge >= 0.3 is 0 Å². The number of nitrogens with two attached hydrogens (primary N) is 1. The summed E-state index contributed by atoms with van der Waals surface area (Å²) < 4.78 is 6.38. The fourth-order valence-corrected chi connectivity index (χ4v) is 2.45. The number of anilines is 1. The molecular formula is C9H9NOS2. The summed E-state index contributed by atoms with van der Waals surface area (Å²) in [5, 5.41) is 3.07. The number of ether oxygens (including phenoxy) is 1. The van der Waals surface area contributed by atoms with Crippen LogP contribution in [-0.4, -0.2) is 7.11 Å². The van der Waals surface area contributed by atoms with E-state index in [9.17, 15) is 0 Å². The highest BCUT2D eigenvalue weighted by Gasteiger charge is 2.09. The highest BCUT2D eigenvalue weighted by atomic mass is 32.1. The van der Waals surface area contributed by atoms with Gasteiger partial charge in [0.05, 0.1) is 12.8 Å². The van der Waals surface area contributed by atoms with Crippen LogP contribution in [0.15, 0.2) is 22.4 Å². The van der Waals surface area contributed by atoms with Gasteiger partial charge in [-0.1, -0.05) is 0 Å². The van der Waals surface area contributed by atoms with Crippen molar-refractivity contribution in [3.8, 4) is 5.75 Å². The molecule has 2 rings (SSSR count). The first kappa shape index (κ1) is 8.72. The summed E-state index contributed by atoms with van der Waals surface area (Å²) in [6.07, 6.45) is 0. The highest BCUT2D eigenvalue weighted by Crippen LogP contribution is 2.38. The maximum atomic E-state index is 5.82. The molecule has 1 aromatic carbocycles. The third kappa shape index (κ3) is 1.26. The van der Waals surface area contributed by atoms with Crippen LogP contribution in [0.5, 0.6) is 5.75 Å². The van der Waals surface area contributed by atoms with E-state index in [0.717, 1.165) is 20.7 Å². The Morgan fingerprint density at radius 1 is 1.54 bits per heavy atom. The molecule has 0 aliphatic heterocycles. The van der Waals surface area contributed by atoms with Crippen molar-refractivity contribution in [3.63, 3.8) is 0 Å². The molecule has 68 valence electrons. The van der Waals surface area contributed by atoms with Crippen molar-refractivity contribution in [3.05, 3.63) is 17.5 Å². The number of nitrogen functional groups attached to an aromatic ring is 1. The number of thiophene rings is 1. The molecule has 0 atom stereocenters. The molecule has 1 aromatic heterocycles. The van der Waals surface area contributed by atoms with Crippen LogP contribution >= 0.6 is 24.0 Å². The molecule has 4 heteroatoms. The standard InChI is InChI=1S/C9H9NOS2/c1-11-9-5-2-3-13-7(5)4-6(12)8(9)10/h2-4,12H,10H2,1H3. The lowest BCUT2D eigenvalue weighted by atomic mass is 10.2. The largest absolute Gasteiger partial charge is 0.494 e. The SMILES string of the molecule is COc1c(N)c(S)cc2sccc12. The summed E-state index contributed by atoms with van der Waals surface area (Å²) in [4.78, 5) is 0.770. The summed E-state index contributed by atoms with van der Waals surface area (Å²) >= 11 is 5.93. The first-order valence-electron chi connectivity index (χ1n) is 3.76. The average Bonchev–Trinajstić information content (AvgIpc) is 2.54. The number of hydrogen-bond acceptors (Lipinski definition) is 4. The summed E-state index contributed by atoms with van der Waals surface area (Å²) in [6.45, 7) is 0. The number of hydrogen-bond donors (Lipinski definition) is 2. The molecule has 1 heterocycles. The number of methoxy groups -OCH3 is 1. The van der Waals surface area contributed by atoms with Crippen LogP contribution in [0.3, 0.4) is 0 Å². The minimum atomic E-state index is 0.608. The molecule has 0 fully saturated rings. The zero-order valence-electron chi connectivity index (χ0n) is 7.07. The highest BCUT2D eigenvalue weighted by molar-refractivity contribution is 7.80. The summed E-state index contributed by atoms with van der Waals surface area (Å²) in [5.41, 5.74) is 6.43. The molecule has 0 saturated heterocycles. The van der Waals surface area contributed by atoms with Crippen LogP contribution in [0, 0.1) is 0 Å². The molecule has 0 bridgehead atoms. The lowest BCUT2D eigenvalue weighted by molar-refractivity contribution is 0.421. The van der Waals surface area contributed by atoms with Gasteiger partial charge in [0.25, 0.3) is 0 Å². The Morgan fingerprint density at radius 2 is 2.31 bits per heavy atom. The average molecular weight is 211 g/mol. The fraction of sp³-hybridized carbons (Fsp3) is 0.111. The van der Waals surface area contributed by atoms with Crippen LogP contribution in [0.1, 0.15) is 0 Å². The number of thiol groups is 1. The quantitative estimate of drug-likeness (QED) is 0.562. The van der Waals surface area contributed by atoms with Crippen molar-refractivity contribution < 1.29 is 4.74 Å². The first-order valence-corrected chi connectivity index (χ1v) is 5.09. The first-order chi connectivity index (χ1) is 6.24. The number of benzene rings is 1. The monoisotopic (exact) mass is 211 g/mol. The smallest absolute Gasteiger partial charge is 0.151 e. The van der Waals surface area contributed by atoms with E-state index in [1.165, 1.54) is 0 Å². The van der Waals surface area contributed by atoms with Gasteiger partial charge in [-0.3, -0.25) is 0 Å². The summed E-state index contributed by atoms with van der Waals surface area (Å²) in [7, 11) is 1.62. The van der Waals surface area contributed by atoms with E-state index in [2.05, 4.69) is 12.6 Å². The van der Waals surface area contributed by atoms with Gasteiger partial charge in [0.1, 0.15) is 0 Å². The maximum absolute atomic E-state index is 5.82. The van der Waals surface area contributed by atoms with Crippen molar-refractivity contribution >= 4 is 39.7 Å². The molecule has 13 heavy (non-hydrogen) atoms. The molecule has 0 spiro atoms. The van der Waals surface area contributed by atoms with E-state index in [4.69, 9.17) is 10.5 Å². The Hall–Kier alpha value is -0.870. The van der Waals surface area contributed by atoms with Crippen molar-refractivity contribution in [2.24, 2.45) is 0 Å². The zero-order valence-corrected chi connectivity index (χ0v) is 8.78. The van der Waals surface area contributed by atoms with Crippen LogP contribution in [-0.2, 0) is 0 Å². The van der Waals surface area contributed by atoms with Crippen LogP contribution in [0.2, 0.25) is 0 Å². The Balaban J connectivity index is 2.87. The van der Waals surface area contributed by atoms with E-state index in [1.807, 2.05) is 17.5 Å². The van der Waals surface area contributed by atoms with E-state index >= 15 is 0 Å². The third-order valence-corrected chi connectivity index (χ3v) is 3.17. The second-order valence-corrected chi connectivity index (χ2v) is 4.10. The van der Waals surface area contributed by atoms with Crippen LogP contribution < -0.4 is 10.5 Å². The van der Waals surface area contributed by atoms with Gasteiger partial charge in [0.2, 0.25) is 0 Å². The number of rotatable bonds is 1. The molecule has 0 radical (unpaired) electrons. The van der Waals surface area contributed by atoms with Crippen LogP contribution in [0.25, 0.3) is 10.1 Å². The van der Waals surface area contributed by atoms with E-state index in [0.29, 0.717) is 5.69 Å². The molecule has 0 saturated carbocycles. The Morgan fingerprint density at radius 3 is 3.00 bits per heavy atom. The number of fused-ring (bicyclic) bond motifs is 1. The van der Waals surface area contributed by atoms with Gasteiger partial charge in [-0.25, -0.2) is 0 Å². The fourth-order valence-electron chi connectivity index (χ4n) is 1.30. The van der Waals surface area contributed by atoms with Gasteiger partial charge in [-0.15, -0.1) is 24.0 Å². The van der Waals surface area contributed by atoms with Gasteiger partial charge in [0.15, 0.2) is 5.75 Å². The van der Waals surface area contributed by atoms with E-state index in [-0.39, 0.29) is 0 Å². The topological polar surface area (TPSA) is 35.2 Å². The minimum Gasteiger partial charge on any atom is -0.494 e. The predicted molar refractivity (Wildman–Crippen MR) is 60.0 cm³/mol. The molecule has 0 amide bonds. The van der Waals surface area contributed by atoms with Crippen molar-refractivity contribution in [2.75, 3.05) is 12.8 Å². The zero-order chi connectivity index (χ0) is 9.42. The Bertz CT molecular complexity index is 450. The van der Waals surface area contributed by atoms with E-state index in [1.54, 1.807) is 18.4 Å². The Labute approximate surface area is 85.7 Å². The van der Waals surface area contributed by atoms with Crippen LogP contribution in [0.4, 0.5) is 5.69 Å². The van der Waals surface area contributed by atoms with Gasteiger partial charge < -0.3 is 10.5 Å². The lowest BCUT2D eigenvalue weighted by Crippen LogP contribution is -1.93. The second-order valence-electron chi connectivity index (χ2n) is 2.68. The lowest BCUT2D eigenvalue weighted by Gasteiger charge is -2.07. The second kappa shape index (κ2) is 3.12. The third-order valence-electron chi connectivity index (χ3n) is 1.93. The van der Waals surface area contributed by atoms with Gasteiger partial charge in [-0.2, -0.15) is 0 Å². The molecular weight excluding hydrogens is 202 g/mol. The molecule has 2 nitrogen and oxygen atoms in total. The summed E-state index contributed by atoms with van der Waals surface area (Å²) in [5.74, 6) is 0.726. The van der Waals surface area contributed by atoms with Crippen molar-refractivity contribution in [1.82, 2.24) is 0 Å². The minimum absolute atomic E-state index is 0.608. The molecule has 0 aliphatic carbocycles. The van der Waals surface area contributed by atoms with E-state index < -0.39 is 0 Å². The van der Waals surface area contributed by atoms with Crippen molar-refractivity contribution in [2.45, 2.75) is 4.90 Å². The van der Waals surface area contributed by atoms with Gasteiger partial charge in [-0.05, 0) is 17.5 Å². The molecule has 2 N–H and O–H groups in total. The van der Waals surface area contributed by atoms with Crippen molar-refractivity contribution in [1.29, 1.82) is 0 Å². The molecule has 0 unspecified atom stereocenters. The Kier molecular flexibility index (Phi) is 2.09.